The Hall–Kier alpha value is -1.00. The maximum atomic E-state index is 12.4. The van der Waals surface area contributed by atoms with Crippen molar-refractivity contribution in [3.8, 4) is 0 Å². The Bertz CT molecular complexity index is 529. The molecule has 2 aliphatic heterocycles. The van der Waals surface area contributed by atoms with Crippen molar-refractivity contribution >= 4 is 17.7 Å². The summed E-state index contributed by atoms with van der Waals surface area (Å²) < 4.78 is 50.1. The molecule has 0 spiro atoms. The van der Waals surface area contributed by atoms with Crippen molar-refractivity contribution in [2.24, 2.45) is 0 Å². The van der Waals surface area contributed by atoms with Crippen molar-refractivity contribution in [1.29, 1.82) is 0 Å². The van der Waals surface area contributed by atoms with Gasteiger partial charge in [-0.2, -0.15) is 13.2 Å². The Kier molecular flexibility index (Phi) is 5.88. The van der Waals surface area contributed by atoms with Crippen LogP contribution in [0.3, 0.4) is 0 Å². The minimum Gasteiger partial charge on any atom is -0.378 e. The number of halogens is 3. The summed E-state index contributed by atoms with van der Waals surface area (Å²) in [5.74, 6) is 0.638. The molecule has 10 heteroatoms. The van der Waals surface area contributed by atoms with E-state index in [0.717, 1.165) is 31.2 Å². The number of aromatic nitrogens is 3. The molecule has 0 amide bonds. The summed E-state index contributed by atoms with van der Waals surface area (Å²) in [4.78, 5) is 2.07. The van der Waals surface area contributed by atoms with E-state index >= 15 is 0 Å². The molecule has 1 atom stereocenters. The van der Waals surface area contributed by atoms with Gasteiger partial charge in [-0.25, -0.2) is 0 Å². The summed E-state index contributed by atoms with van der Waals surface area (Å²) in [5.41, 5.74) is 0. The van der Waals surface area contributed by atoms with E-state index < -0.39 is 12.6 Å². The number of thioether (sulfide) groups is 1. The SMILES string of the molecule is FC(F)(F)CCSc1nnc(N2CCOCC2)n1CC1CCCO1. The van der Waals surface area contributed by atoms with E-state index in [1.165, 1.54) is 0 Å². The fourth-order valence-corrected chi connectivity index (χ4v) is 3.72. The van der Waals surface area contributed by atoms with Crippen LogP contribution < -0.4 is 4.90 Å². The lowest BCUT2D eigenvalue weighted by Crippen LogP contribution is -2.38. The second kappa shape index (κ2) is 7.92. The number of nitrogens with zero attached hydrogens (tertiary/aromatic N) is 4. The van der Waals surface area contributed by atoms with Gasteiger partial charge < -0.3 is 14.4 Å². The highest BCUT2D eigenvalue weighted by Gasteiger charge is 2.28. The summed E-state index contributed by atoms with van der Waals surface area (Å²) >= 11 is 1.10. The molecule has 0 bridgehead atoms. The maximum Gasteiger partial charge on any atom is 0.389 e. The number of alkyl halides is 3. The third-order valence-electron chi connectivity index (χ3n) is 4.02. The number of hydrogen-bond acceptors (Lipinski definition) is 6. The van der Waals surface area contributed by atoms with Gasteiger partial charge in [-0.05, 0) is 12.8 Å². The molecule has 136 valence electrons. The molecule has 0 radical (unpaired) electrons. The third-order valence-corrected chi connectivity index (χ3v) is 4.99. The van der Waals surface area contributed by atoms with Crippen LogP contribution in [0.5, 0.6) is 0 Å². The van der Waals surface area contributed by atoms with E-state index in [0.29, 0.717) is 44.0 Å². The van der Waals surface area contributed by atoms with E-state index in [9.17, 15) is 13.2 Å². The minimum absolute atomic E-state index is 0.0593. The Morgan fingerprint density at radius 2 is 1.96 bits per heavy atom. The molecule has 1 aromatic rings. The zero-order valence-corrected chi connectivity index (χ0v) is 14.1. The van der Waals surface area contributed by atoms with E-state index in [-0.39, 0.29) is 11.9 Å². The van der Waals surface area contributed by atoms with E-state index in [4.69, 9.17) is 9.47 Å². The average Bonchev–Trinajstić information content (AvgIpc) is 3.18. The normalized spacial score (nSPS) is 22.3. The fourth-order valence-electron chi connectivity index (χ4n) is 2.79. The van der Waals surface area contributed by atoms with E-state index in [2.05, 4.69) is 15.1 Å². The smallest absolute Gasteiger partial charge is 0.378 e. The van der Waals surface area contributed by atoms with Crippen LogP contribution in [0.25, 0.3) is 0 Å². The summed E-state index contributed by atoms with van der Waals surface area (Å²) in [7, 11) is 0. The number of ether oxygens (including phenoxy) is 2. The zero-order chi connectivity index (χ0) is 17.0. The minimum atomic E-state index is -4.15. The van der Waals surface area contributed by atoms with Crippen molar-refractivity contribution < 1.29 is 22.6 Å². The van der Waals surface area contributed by atoms with Crippen LogP contribution in [0.4, 0.5) is 19.1 Å². The largest absolute Gasteiger partial charge is 0.389 e. The first-order chi connectivity index (χ1) is 11.5. The third kappa shape index (κ3) is 4.76. The molecule has 1 unspecified atom stereocenters. The maximum absolute atomic E-state index is 12.4. The van der Waals surface area contributed by atoms with Crippen LogP contribution >= 0.6 is 11.8 Å². The van der Waals surface area contributed by atoms with Crippen molar-refractivity contribution in [2.75, 3.05) is 43.6 Å². The van der Waals surface area contributed by atoms with Gasteiger partial charge in [0.1, 0.15) is 0 Å². The highest BCUT2D eigenvalue weighted by Crippen LogP contribution is 2.29. The van der Waals surface area contributed by atoms with Gasteiger partial charge in [0, 0.05) is 25.4 Å². The first-order valence-electron chi connectivity index (χ1n) is 8.10. The molecule has 24 heavy (non-hydrogen) atoms. The predicted molar refractivity (Wildman–Crippen MR) is 83.4 cm³/mol. The van der Waals surface area contributed by atoms with Crippen molar-refractivity contribution in [1.82, 2.24) is 14.8 Å². The monoisotopic (exact) mass is 366 g/mol. The summed E-state index contributed by atoms with van der Waals surface area (Å²) in [6.45, 7) is 3.95. The summed E-state index contributed by atoms with van der Waals surface area (Å²) in [6, 6.07) is 0. The Morgan fingerprint density at radius 3 is 2.62 bits per heavy atom. The van der Waals surface area contributed by atoms with Crippen LogP contribution in [0.15, 0.2) is 5.16 Å². The summed E-state index contributed by atoms with van der Waals surface area (Å²) in [6.07, 6.45) is -2.96. The van der Waals surface area contributed by atoms with Crippen LogP contribution in [0.2, 0.25) is 0 Å². The van der Waals surface area contributed by atoms with Crippen LogP contribution in [-0.2, 0) is 16.0 Å². The van der Waals surface area contributed by atoms with Gasteiger partial charge >= 0.3 is 6.18 Å². The predicted octanol–water partition coefficient (Wildman–Crippen LogP) is 2.34. The standard InChI is InChI=1S/C14H21F3N4O2S/c15-14(16,17)3-9-24-13-19-18-12(20-4-7-22-8-5-20)21(13)10-11-2-1-6-23-11/h11H,1-10H2. The van der Waals surface area contributed by atoms with Gasteiger partial charge in [-0.15, -0.1) is 10.2 Å². The van der Waals surface area contributed by atoms with Gasteiger partial charge in [-0.1, -0.05) is 11.8 Å². The van der Waals surface area contributed by atoms with Crippen molar-refractivity contribution in [3.05, 3.63) is 0 Å². The first-order valence-corrected chi connectivity index (χ1v) is 9.08. The average molecular weight is 366 g/mol. The molecule has 2 fully saturated rings. The Morgan fingerprint density at radius 1 is 1.17 bits per heavy atom. The zero-order valence-electron chi connectivity index (χ0n) is 13.3. The lowest BCUT2D eigenvalue weighted by atomic mass is 10.2. The molecule has 2 aliphatic rings. The quantitative estimate of drug-likeness (QED) is 0.721. The number of rotatable bonds is 6. The summed E-state index contributed by atoms with van der Waals surface area (Å²) in [5, 5.41) is 8.87. The number of anilines is 1. The second-order valence-corrected chi connectivity index (χ2v) is 6.90. The van der Waals surface area contributed by atoms with Gasteiger partial charge in [0.05, 0.1) is 32.3 Å². The van der Waals surface area contributed by atoms with Crippen LogP contribution in [0, 0.1) is 0 Å². The van der Waals surface area contributed by atoms with Crippen molar-refractivity contribution in [3.63, 3.8) is 0 Å². The molecule has 0 aromatic carbocycles. The molecule has 2 saturated heterocycles. The number of hydrogen-bond donors (Lipinski definition) is 0. The fraction of sp³-hybridized carbons (Fsp3) is 0.857. The lowest BCUT2D eigenvalue weighted by molar-refractivity contribution is -0.129. The molecule has 0 saturated carbocycles. The Labute approximate surface area is 142 Å². The van der Waals surface area contributed by atoms with Gasteiger partial charge in [0.25, 0.3) is 0 Å². The topological polar surface area (TPSA) is 52.4 Å². The molecule has 6 nitrogen and oxygen atoms in total. The first kappa shape index (κ1) is 17.8. The molecule has 3 rings (SSSR count). The molecule has 3 heterocycles. The van der Waals surface area contributed by atoms with Gasteiger partial charge in [-0.3, -0.25) is 4.57 Å². The van der Waals surface area contributed by atoms with Gasteiger partial charge in [0.2, 0.25) is 5.95 Å². The van der Waals surface area contributed by atoms with Crippen LogP contribution in [0.1, 0.15) is 19.3 Å². The van der Waals surface area contributed by atoms with E-state index in [1.54, 1.807) is 0 Å². The Balaban J connectivity index is 1.72. The highest BCUT2D eigenvalue weighted by molar-refractivity contribution is 7.99. The molecular formula is C14H21F3N4O2S. The van der Waals surface area contributed by atoms with E-state index in [1.807, 2.05) is 4.57 Å². The second-order valence-electron chi connectivity index (χ2n) is 5.84. The molecule has 0 N–H and O–H groups in total. The van der Waals surface area contributed by atoms with Crippen molar-refractivity contribution in [2.45, 2.75) is 43.2 Å². The number of morpholine rings is 1. The lowest BCUT2D eigenvalue weighted by Gasteiger charge is -2.28. The van der Waals surface area contributed by atoms with Crippen LogP contribution in [-0.4, -0.2) is 65.7 Å². The molecule has 1 aromatic heterocycles. The highest BCUT2D eigenvalue weighted by atomic mass is 32.2. The van der Waals surface area contributed by atoms with Gasteiger partial charge in [0.15, 0.2) is 5.16 Å². The molecular weight excluding hydrogens is 345 g/mol. The molecule has 0 aliphatic carbocycles.